The Hall–Kier alpha value is -2.24. The number of fused-ring (bicyclic) bond motifs is 1. The summed E-state index contributed by atoms with van der Waals surface area (Å²) in [6, 6.07) is 3.52. The predicted molar refractivity (Wildman–Crippen MR) is 65.2 cm³/mol. The van der Waals surface area contributed by atoms with Gasteiger partial charge in [-0.05, 0) is 31.4 Å². The second-order valence-corrected chi connectivity index (χ2v) is 4.46. The molecule has 1 saturated carbocycles. The maximum absolute atomic E-state index is 11.3. The van der Waals surface area contributed by atoms with E-state index in [0.717, 1.165) is 6.42 Å². The molecule has 0 radical (unpaired) electrons. The molecule has 0 aliphatic heterocycles. The van der Waals surface area contributed by atoms with E-state index in [1.807, 2.05) is 0 Å². The fourth-order valence-corrected chi connectivity index (χ4v) is 2.09. The number of nitrogens with one attached hydrogen (secondary N) is 1. The van der Waals surface area contributed by atoms with E-state index in [2.05, 4.69) is 20.3 Å². The van der Waals surface area contributed by atoms with Gasteiger partial charge in [-0.2, -0.15) is 0 Å². The number of carbonyl (C=O) groups is 1. The Labute approximate surface area is 103 Å². The Kier molecular flexibility index (Phi) is 2.36. The second kappa shape index (κ2) is 3.90. The highest BCUT2D eigenvalue weighted by Crippen LogP contribution is 2.35. The van der Waals surface area contributed by atoms with Crippen molar-refractivity contribution in [1.29, 1.82) is 0 Å². The third-order valence-electron chi connectivity index (χ3n) is 3.32. The molecule has 0 unspecified atom stereocenters. The van der Waals surface area contributed by atoms with Crippen molar-refractivity contribution in [2.75, 3.05) is 5.32 Å². The lowest BCUT2D eigenvalue weighted by atomic mass is 9.77. The fraction of sp³-hybridized carbons (Fsp3) is 0.333. The molecular weight excluding hydrogens is 232 g/mol. The molecule has 1 aliphatic carbocycles. The normalized spacial score (nSPS) is 17.1. The number of carboxylic acids is 1. The van der Waals surface area contributed by atoms with Gasteiger partial charge < -0.3 is 10.4 Å². The molecule has 2 aromatic rings. The van der Waals surface area contributed by atoms with Crippen LogP contribution >= 0.6 is 0 Å². The number of rotatable bonds is 3. The molecule has 1 fully saturated rings. The first-order chi connectivity index (χ1) is 8.70. The molecule has 18 heavy (non-hydrogen) atoms. The standard InChI is InChI=1S/C12H12N4O2/c17-11(18)12(4-1-5-12)16-9-3-2-8-10(15-9)14-7-6-13-8/h2-3,6-7H,1,4-5H2,(H,17,18)(H,14,15,16). The molecule has 0 aromatic carbocycles. The second-order valence-electron chi connectivity index (χ2n) is 4.46. The molecule has 6 nitrogen and oxygen atoms in total. The van der Waals surface area contributed by atoms with Gasteiger partial charge in [0.1, 0.15) is 16.9 Å². The summed E-state index contributed by atoms with van der Waals surface area (Å²) in [6.45, 7) is 0. The molecule has 2 heterocycles. The van der Waals surface area contributed by atoms with Crippen LogP contribution in [0.2, 0.25) is 0 Å². The van der Waals surface area contributed by atoms with Crippen LogP contribution in [0.3, 0.4) is 0 Å². The van der Waals surface area contributed by atoms with Gasteiger partial charge >= 0.3 is 5.97 Å². The maximum Gasteiger partial charge on any atom is 0.329 e. The summed E-state index contributed by atoms with van der Waals surface area (Å²) in [5.74, 6) is -0.292. The minimum atomic E-state index is -0.858. The van der Waals surface area contributed by atoms with Crippen molar-refractivity contribution in [1.82, 2.24) is 15.0 Å². The van der Waals surface area contributed by atoms with Crippen LogP contribution in [0.4, 0.5) is 5.82 Å². The molecule has 0 spiro atoms. The summed E-state index contributed by atoms with van der Waals surface area (Å²) in [6.07, 6.45) is 5.34. The number of pyridine rings is 1. The van der Waals surface area contributed by atoms with Crippen LogP contribution in [0.15, 0.2) is 24.5 Å². The molecule has 0 atom stereocenters. The van der Waals surface area contributed by atoms with Gasteiger partial charge in [-0.3, -0.25) is 4.98 Å². The van der Waals surface area contributed by atoms with Crippen LogP contribution in [0.1, 0.15) is 19.3 Å². The SMILES string of the molecule is O=C(O)C1(Nc2ccc3nccnc3n2)CCC1. The minimum absolute atomic E-state index is 0.516. The quantitative estimate of drug-likeness (QED) is 0.849. The Morgan fingerprint density at radius 1 is 1.28 bits per heavy atom. The fourth-order valence-electron chi connectivity index (χ4n) is 2.09. The Morgan fingerprint density at radius 2 is 2.06 bits per heavy atom. The van der Waals surface area contributed by atoms with Crippen molar-refractivity contribution in [2.24, 2.45) is 0 Å². The lowest BCUT2D eigenvalue weighted by Crippen LogP contribution is -2.52. The zero-order valence-corrected chi connectivity index (χ0v) is 9.63. The van der Waals surface area contributed by atoms with E-state index in [1.165, 1.54) is 0 Å². The van der Waals surface area contributed by atoms with E-state index in [4.69, 9.17) is 0 Å². The maximum atomic E-state index is 11.3. The topological polar surface area (TPSA) is 88.0 Å². The molecule has 3 rings (SSSR count). The monoisotopic (exact) mass is 244 g/mol. The van der Waals surface area contributed by atoms with Gasteiger partial charge in [0, 0.05) is 12.4 Å². The molecular formula is C12H12N4O2. The summed E-state index contributed by atoms with van der Waals surface area (Å²) in [5.41, 5.74) is 0.353. The zero-order chi connectivity index (χ0) is 12.6. The van der Waals surface area contributed by atoms with Crippen LogP contribution in [0.5, 0.6) is 0 Å². The van der Waals surface area contributed by atoms with Crippen LogP contribution in [0, 0.1) is 0 Å². The number of carboxylic acid groups (broad SMARTS) is 1. The van der Waals surface area contributed by atoms with E-state index in [-0.39, 0.29) is 0 Å². The van der Waals surface area contributed by atoms with Crippen molar-refractivity contribution in [2.45, 2.75) is 24.8 Å². The molecule has 2 N–H and O–H groups in total. The van der Waals surface area contributed by atoms with Gasteiger partial charge in [-0.25, -0.2) is 14.8 Å². The van der Waals surface area contributed by atoms with Crippen molar-refractivity contribution in [3.63, 3.8) is 0 Å². The van der Waals surface area contributed by atoms with Crippen molar-refractivity contribution in [3.8, 4) is 0 Å². The van der Waals surface area contributed by atoms with Gasteiger partial charge in [-0.1, -0.05) is 0 Å². The third-order valence-corrected chi connectivity index (χ3v) is 3.32. The van der Waals surface area contributed by atoms with E-state index < -0.39 is 11.5 Å². The van der Waals surface area contributed by atoms with Crippen molar-refractivity contribution >= 4 is 23.0 Å². The number of anilines is 1. The molecule has 0 bridgehead atoms. The van der Waals surface area contributed by atoms with Crippen molar-refractivity contribution in [3.05, 3.63) is 24.5 Å². The van der Waals surface area contributed by atoms with Crippen LogP contribution in [-0.2, 0) is 4.79 Å². The van der Waals surface area contributed by atoms with E-state index in [9.17, 15) is 9.90 Å². The summed E-state index contributed by atoms with van der Waals surface area (Å²) in [5, 5.41) is 12.2. The first kappa shape index (κ1) is 10.9. The zero-order valence-electron chi connectivity index (χ0n) is 9.63. The Balaban J connectivity index is 1.93. The Morgan fingerprint density at radius 3 is 2.72 bits per heavy atom. The number of nitrogens with zero attached hydrogens (tertiary/aromatic N) is 3. The third kappa shape index (κ3) is 1.66. The first-order valence-electron chi connectivity index (χ1n) is 5.79. The van der Waals surface area contributed by atoms with Crippen LogP contribution in [-0.4, -0.2) is 31.6 Å². The predicted octanol–water partition coefficient (Wildman–Crippen LogP) is 1.44. The number of aromatic nitrogens is 3. The highest BCUT2D eigenvalue weighted by Gasteiger charge is 2.44. The molecule has 6 heteroatoms. The van der Waals surface area contributed by atoms with Crippen LogP contribution < -0.4 is 5.32 Å². The lowest BCUT2D eigenvalue weighted by molar-refractivity contribution is -0.145. The largest absolute Gasteiger partial charge is 0.480 e. The van der Waals surface area contributed by atoms with E-state index in [1.54, 1.807) is 24.5 Å². The first-order valence-corrected chi connectivity index (χ1v) is 5.79. The lowest BCUT2D eigenvalue weighted by Gasteiger charge is -2.38. The van der Waals surface area contributed by atoms with E-state index in [0.29, 0.717) is 29.8 Å². The van der Waals surface area contributed by atoms with Gasteiger partial charge in [0.2, 0.25) is 0 Å². The summed E-state index contributed by atoms with van der Waals surface area (Å²) in [7, 11) is 0. The van der Waals surface area contributed by atoms with Gasteiger partial charge in [0.25, 0.3) is 0 Å². The molecule has 0 amide bonds. The van der Waals surface area contributed by atoms with Gasteiger partial charge in [0.15, 0.2) is 5.65 Å². The average molecular weight is 244 g/mol. The number of aliphatic carboxylic acids is 1. The molecule has 1 aliphatic rings. The molecule has 0 saturated heterocycles. The van der Waals surface area contributed by atoms with E-state index >= 15 is 0 Å². The summed E-state index contributed by atoms with van der Waals surface area (Å²) < 4.78 is 0. The van der Waals surface area contributed by atoms with Crippen molar-refractivity contribution < 1.29 is 9.90 Å². The van der Waals surface area contributed by atoms with Crippen LogP contribution in [0.25, 0.3) is 11.2 Å². The van der Waals surface area contributed by atoms with Gasteiger partial charge in [-0.15, -0.1) is 0 Å². The number of hydrogen-bond donors (Lipinski definition) is 2. The highest BCUT2D eigenvalue weighted by atomic mass is 16.4. The molecule has 2 aromatic heterocycles. The minimum Gasteiger partial charge on any atom is -0.480 e. The summed E-state index contributed by atoms with van der Waals surface area (Å²) in [4.78, 5) is 23.7. The smallest absolute Gasteiger partial charge is 0.329 e. The van der Waals surface area contributed by atoms with Gasteiger partial charge in [0.05, 0.1) is 0 Å². The Bertz CT molecular complexity index is 610. The summed E-state index contributed by atoms with van der Waals surface area (Å²) >= 11 is 0. The number of hydrogen-bond acceptors (Lipinski definition) is 5. The molecule has 92 valence electrons. The highest BCUT2D eigenvalue weighted by molar-refractivity contribution is 5.84. The average Bonchev–Trinajstić information content (AvgIpc) is 2.33.